The smallest absolute Gasteiger partial charge is 0.163 e. The number of aldehydes is 1. The van der Waals surface area contributed by atoms with E-state index in [1.165, 1.54) is 13.2 Å². The maximum absolute atomic E-state index is 10.9. The van der Waals surface area contributed by atoms with Crippen LogP contribution in [0.25, 0.3) is 0 Å². The fourth-order valence-corrected chi connectivity index (χ4v) is 2.07. The highest BCUT2D eigenvalue weighted by atomic mass is 35.5. The highest BCUT2D eigenvalue weighted by Gasteiger charge is 2.09. The molecule has 1 rings (SSSR count). The number of carbonyl (C=O) groups is 1. The SMILES string of the molecule is C=C/C(N=CCOc1cc(Cl)c(C=O)cc1OC)=C(\C=C/C)NC. The molecular weight excluding hydrogens is 328 g/mol. The van der Waals surface area contributed by atoms with E-state index in [-0.39, 0.29) is 6.61 Å². The quantitative estimate of drug-likeness (QED) is 0.419. The number of methoxy groups -OCH3 is 1. The molecule has 0 aromatic heterocycles. The van der Waals surface area contributed by atoms with Crippen LogP contribution in [0, 0.1) is 0 Å². The predicted molar refractivity (Wildman–Crippen MR) is 98.5 cm³/mol. The number of ether oxygens (including phenoxy) is 2. The Morgan fingerprint density at radius 3 is 2.71 bits per heavy atom. The van der Waals surface area contributed by atoms with E-state index in [2.05, 4.69) is 16.9 Å². The van der Waals surface area contributed by atoms with Crippen molar-refractivity contribution in [2.75, 3.05) is 20.8 Å². The van der Waals surface area contributed by atoms with E-state index >= 15 is 0 Å². The summed E-state index contributed by atoms with van der Waals surface area (Å²) in [7, 11) is 3.31. The first-order valence-corrected chi connectivity index (χ1v) is 7.64. The van der Waals surface area contributed by atoms with Crippen LogP contribution < -0.4 is 14.8 Å². The van der Waals surface area contributed by atoms with Crippen molar-refractivity contribution < 1.29 is 14.3 Å². The van der Waals surface area contributed by atoms with Gasteiger partial charge in [0.25, 0.3) is 0 Å². The highest BCUT2D eigenvalue weighted by Crippen LogP contribution is 2.32. The first kappa shape index (κ1) is 19.5. The number of allylic oxidation sites excluding steroid dienone is 3. The Bertz CT molecular complexity index is 679. The summed E-state index contributed by atoms with van der Waals surface area (Å²) in [6.07, 6.45) is 7.73. The molecule has 0 amide bonds. The first-order chi connectivity index (χ1) is 11.6. The molecule has 0 spiro atoms. The zero-order chi connectivity index (χ0) is 17.9. The van der Waals surface area contributed by atoms with Gasteiger partial charge in [0.15, 0.2) is 17.8 Å². The number of rotatable bonds is 9. The number of hydrogen-bond acceptors (Lipinski definition) is 5. The lowest BCUT2D eigenvalue weighted by molar-refractivity contribution is 0.112. The van der Waals surface area contributed by atoms with Gasteiger partial charge in [0.2, 0.25) is 0 Å². The van der Waals surface area contributed by atoms with Gasteiger partial charge < -0.3 is 14.8 Å². The molecular formula is C18H21ClN2O3. The Kier molecular flexibility index (Phi) is 8.36. The van der Waals surface area contributed by atoms with Crippen LogP contribution >= 0.6 is 11.6 Å². The van der Waals surface area contributed by atoms with Gasteiger partial charge in [-0.15, -0.1) is 0 Å². The lowest BCUT2D eigenvalue weighted by Gasteiger charge is -2.10. The third-order valence-electron chi connectivity index (χ3n) is 3.03. The highest BCUT2D eigenvalue weighted by molar-refractivity contribution is 6.33. The molecule has 0 aliphatic carbocycles. The fourth-order valence-electron chi connectivity index (χ4n) is 1.87. The van der Waals surface area contributed by atoms with E-state index in [0.717, 1.165) is 5.70 Å². The van der Waals surface area contributed by atoms with Crippen molar-refractivity contribution in [3.63, 3.8) is 0 Å². The number of likely N-dealkylation sites (N-methyl/N-ethyl adjacent to an activating group) is 1. The summed E-state index contributed by atoms with van der Waals surface area (Å²) in [6, 6.07) is 3.07. The fraction of sp³-hybridized carbons (Fsp3) is 0.222. The monoisotopic (exact) mass is 348 g/mol. The maximum Gasteiger partial charge on any atom is 0.163 e. The molecule has 6 heteroatoms. The van der Waals surface area contributed by atoms with Gasteiger partial charge in [0, 0.05) is 24.9 Å². The van der Waals surface area contributed by atoms with Crippen LogP contribution in [0.1, 0.15) is 17.3 Å². The first-order valence-electron chi connectivity index (χ1n) is 7.26. The van der Waals surface area contributed by atoms with Crippen LogP contribution in [-0.4, -0.2) is 33.3 Å². The minimum atomic E-state index is 0.206. The lowest BCUT2D eigenvalue weighted by Crippen LogP contribution is -2.06. The van der Waals surface area contributed by atoms with Crippen molar-refractivity contribution in [3.05, 3.63) is 58.9 Å². The Balaban J connectivity index is 2.88. The molecule has 0 saturated carbocycles. The molecule has 24 heavy (non-hydrogen) atoms. The van der Waals surface area contributed by atoms with Crippen molar-refractivity contribution in [3.8, 4) is 11.5 Å². The normalized spacial score (nSPS) is 12.2. The molecule has 0 fully saturated rings. The van der Waals surface area contributed by atoms with Gasteiger partial charge in [-0.1, -0.05) is 24.3 Å². The van der Waals surface area contributed by atoms with Crippen molar-refractivity contribution in [1.82, 2.24) is 5.32 Å². The van der Waals surface area contributed by atoms with E-state index < -0.39 is 0 Å². The molecule has 1 aromatic rings. The summed E-state index contributed by atoms with van der Waals surface area (Å²) in [5.41, 5.74) is 1.89. The molecule has 0 aliphatic rings. The Hall–Kier alpha value is -2.53. The second-order valence-corrected chi connectivity index (χ2v) is 4.93. The van der Waals surface area contributed by atoms with Crippen LogP contribution in [0.3, 0.4) is 0 Å². The second-order valence-electron chi connectivity index (χ2n) is 4.52. The molecule has 1 N–H and O–H groups in total. The number of benzene rings is 1. The molecule has 0 radical (unpaired) electrons. The molecule has 0 unspecified atom stereocenters. The van der Waals surface area contributed by atoms with Crippen LogP contribution in [0.5, 0.6) is 11.5 Å². The van der Waals surface area contributed by atoms with Gasteiger partial charge in [0.1, 0.15) is 6.61 Å². The molecule has 5 nitrogen and oxygen atoms in total. The Morgan fingerprint density at radius 1 is 1.42 bits per heavy atom. The topological polar surface area (TPSA) is 59.9 Å². The molecule has 128 valence electrons. The number of hydrogen-bond donors (Lipinski definition) is 1. The van der Waals surface area contributed by atoms with Gasteiger partial charge in [-0.3, -0.25) is 9.79 Å². The summed E-state index contributed by atoms with van der Waals surface area (Å²) >= 11 is 6.00. The molecule has 0 atom stereocenters. The van der Waals surface area contributed by atoms with Crippen molar-refractivity contribution >= 4 is 24.1 Å². The molecule has 1 aromatic carbocycles. The van der Waals surface area contributed by atoms with Crippen LogP contribution in [-0.2, 0) is 0 Å². The molecule has 0 bridgehead atoms. The molecule has 0 saturated heterocycles. The minimum absolute atomic E-state index is 0.206. The Labute approximate surface area is 147 Å². The molecule has 0 aliphatic heterocycles. The van der Waals surface area contributed by atoms with Gasteiger partial charge >= 0.3 is 0 Å². The number of nitrogens with one attached hydrogen (secondary N) is 1. The summed E-state index contributed by atoms with van der Waals surface area (Å²) in [6.45, 7) is 5.88. The van der Waals surface area contributed by atoms with E-state index in [4.69, 9.17) is 21.1 Å². The van der Waals surface area contributed by atoms with E-state index in [0.29, 0.717) is 34.1 Å². The number of carbonyl (C=O) groups excluding carboxylic acids is 1. The van der Waals surface area contributed by atoms with Gasteiger partial charge in [-0.2, -0.15) is 0 Å². The predicted octanol–water partition coefficient (Wildman–Crippen LogP) is 3.80. The largest absolute Gasteiger partial charge is 0.493 e. The minimum Gasteiger partial charge on any atom is -0.493 e. The summed E-state index contributed by atoms with van der Waals surface area (Å²) in [5.74, 6) is 0.866. The average molecular weight is 349 g/mol. The van der Waals surface area contributed by atoms with Gasteiger partial charge in [0.05, 0.1) is 23.5 Å². The lowest BCUT2D eigenvalue weighted by atomic mass is 10.2. The van der Waals surface area contributed by atoms with E-state index in [9.17, 15) is 4.79 Å². The van der Waals surface area contributed by atoms with Crippen LogP contribution in [0.2, 0.25) is 5.02 Å². The van der Waals surface area contributed by atoms with E-state index in [1.807, 2.05) is 26.1 Å². The van der Waals surface area contributed by atoms with Gasteiger partial charge in [-0.25, -0.2) is 0 Å². The number of aliphatic imine (C=N–C) groups is 1. The maximum atomic E-state index is 10.9. The van der Waals surface area contributed by atoms with Crippen molar-refractivity contribution in [2.45, 2.75) is 6.92 Å². The average Bonchev–Trinajstić information content (AvgIpc) is 2.60. The third-order valence-corrected chi connectivity index (χ3v) is 3.35. The van der Waals surface area contributed by atoms with Gasteiger partial charge in [-0.05, 0) is 25.1 Å². The summed E-state index contributed by atoms with van der Waals surface area (Å²) in [5, 5.41) is 3.35. The standard InChI is InChI=1S/C18H21ClN2O3/c1-5-7-16(20-3)15(6-2)21-8-9-24-18-11-14(19)13(12-22)10-17(18)23-4/h5-8,10-12,20H,2,9H2,1,3-4H3/b7-5-,16-15-,21-8?. The second kappa shape index (κ2) is 10.3. The van der Waals surface area contributed by atoms with Crippen molar-refractivity contribution in [1.29, 1.82) is 0 Å². The zero-order valence-electron chi connectivity index (χ0n) is 14.0. The third kappa shape index (κ3) is 5.28. The Morgan fingerprint density at radius 2 is 2.17 bits per heavy atom. The van der Waals surface area contributed by atoms with E-state index in [1.54, 1.807) is 18.4 Å². The molecule has 0 heterocycles. The number of halogens is 1. The zero-order valence-corrected chi connectivity index (χ0v) is 14.8. The number of nitrogens with zero attached hydrogens (tertiary/aromatic N) is 1. The van der Waals surface area contributed by atoms with Crippen LogP contribution in [0.4, 0.5) is 0 Å². The summed E-state index contributed by atoms with van der Waals surface area (Å²) < 4.78 is 10.8. The van der Waals surface area contributed by atoms with Crippen molar-refractivity contribution in [2.24, 2.45) is 4.99 Å². The van der Waals surface area contributed by atoms with Crippen LogP contribution in [0.15, 0.2) is 53.3 Å². The summed E-state index contributed by atoms with van der Waals surface area (Å²) in [4.78, 5) is 15.2.